The van der Waals surface area contributed by atoms with E-state index in [0.29, 0.717) is 42.3 Å². The molecule has 5 N–H and O–H groups in total. The fourth-order valence-corrected chi connectivity index (χ4v) is 4.83. The van der Waals surface area contributed by atoms with Gasteiger partial charge in [-0.1, -0.05) is 12.0 Å². The number of fused-ring (bicyclic) bond motifs is 1. The Hall–Kier alpha value is -3.76. The number of aryl methyl sites for hydroxylation is 2. The lowest BCUT2D eigenvalue weighted by molar-refractivity contribution is -0.0511. The molecule has 0 bridgehead atoms. The molecule has 5 rings (SSSR count). The SMILES string of the molecule is Cc1ccc(OC(=O)N2CCC(CC#Cc3nc(N)c4ncn([C@@H]5O[C@H](CO)C(O)[C@@H]5O)c4n3)CC2)cc1C. The molecule has 4 atom stereocenters. The van der Waals surface area contributed by atoms with Gasteiger partial charge in [-0.25, -0.2) is 19.7 Å². The van der Waals surface area contributed by atoms with E-state index in [1.54, 1.807) is 11.0 Å². The van der Waals surface area contributed by atoms with Gasteiger partial charge < -0.3 is 35.4 Å². The van der Waals surface area contributed by atoms with Crippen LogP contribution in [-0.4, -0.2) is 83.8 Å². The van der Waals surface area contributed by atoms with E-state index in [2.05, 4.69) is 26.8 Å². The number of imidazole rings is 1. The van der Waals surface area contributed by atoms with Gasteiger partial charge in [-0.2, -0.15) is 0 Å². The van der Waals surface area contributed by atoms with Gasteiger partial charge in [0.1, 0.15) is 29.6 Å². The summed E-state index contributed by atoms with van der Waals surface area (Å²) in [5, 5.41) is 29.9. The van der Waals surface area contributed by atoms with Crippen molar-refractivity contribution >= 4 is 23.1 Å². The minimum Gasteiger partial charge on any atom is -0.410 e. The summed E-state index contributed by atoms with van der Waals surface area (Å²) in [4.78, 5) is 27.2. The van der Waals surface area contributed by atoms with Crippen molar-refractivity contribution in [2.75, 3.05) is 25.4 Å². The predicted octanol–water partition coefficient (Wildman–Crippen LogP) is 1.29. The summed E-state index contributed by atoms with van der Waals surface area (Å²) in [5.74, 6) is 7.27. The second kappa shape index (κ2) is 11.2. The summed E-state index contributed by atoms with van der Waals surface area (Å²) >= 11 is 0. The first kappa shape index (κ1) is 26.8. The number of amides is 1. The molecular formula is C27H32N6O6. The summed E-state index contributed by atoms with van der Waals surface area (Å²) in [6.07, 6.45) is -1.20. The highest BCUT2D eigenvalue weighted by Gasteiger charge is 2.44. The molecule has 2 aliphatic rings. The summed E-state index contributed by atoms with van der Waals surface area (Å²) in [6.45, 7) is 4.74. The van der Waals surface area contributed by atoms with Crippen molar-refractivity contribution in [2.45, 2.75) is 57.6 Å². The highest BCUT2D eigenvalue weighted by molar-refractivity contribution is 5.82. The molecule has 12 nitrogen and oxygen atoms in total. The Bertz CT molecular complexity index is 1420. The summed E-state index contributed by atoms with van der Waals surface area (Å²) < 4.78 is 12.6. The zero-order valence-corrected chi connectivity index (χ0v) is 21.8. The number of carbonyl (C=O) groups is 1. The number of nitrogens with two attached hydrogens (primary N) is 1. The van der Waals surface area contributed by atoms with Gasteiger partial charge in [-0.15, -0.1) is 0 Å². The Labute approximate surface area is 225 Å². The molecule has 0 spiro atoms. The minimum absolute atomic E-state index is 0.130. The van der Waals surface area contributed by atoms with Gasteiger partial charge in [0.2, 0.25) is 5.82 Å². The van der Waals surface area contributed by atoms with Crippen molar-refractivity contribution < 1.29 is 29.6 Å². The quantitative estimate of drug-likeness (QED) is 0.356. The standard InChI is InChI=1S/C27H32N6O6/c1-15-6-7-18(12-16(15)2)38-27(37)32-10-8-17(9-11-32)4-3-5-20-30-24(28)21-25(31-20)33(14-29-21)26-23(36)22(35)19(13-34)39-26/h6-7,12,14,17,19,22-23,26,34-36H,4,8-11,13H2,1-2H3,(H2,28,30,31)/t19-,22?,23+,26-/m1/s1. The van der Waals surface area contributed by atoms with Gasteiger partial charge in [0.15, 0.2) is 17.7 Å². The Morgan fingerprint density at radius 1 is 1.18 bits per heavy atom. The number of hydrogen-bond donors (Lipinski definition) is 4. The second-order valence-corrected chi connectivity index (χ2v) is 10.0. The van der Waals surface area contributed by atoms with Crippen LogP contribution >= 0.6 is 0 Å². The molecule has 0 saturated carbocycles. The third-order valence-electron chi connectivity index (χ3n) is 7.39. The number of anilines is 1. The number of aliphatic hydroxyl groups excluding tert-OH is 3. The highest BCUT2D eigenvalue weighted by Crippen LogP contribution is 2.32. The van der Waals surface area contributed by atoms with Crippen LogP contribution in [0.3, 0.4) is 0 Å². The smallest absolute Gasteiger partial charge is 0.410 e. The normalized spacial score (nSPS) is 23.6. The number of likely N-dealkylation sites (tertiary alicyclic amines) is 1. The van der Waals surface area contributed by atoms with Gasteiger partial charge >= 0.3 is 6.09 Å². The van der Waals surface area contributed by atoms with Crippen molar-refractivity contribution in [3.63, 3.8) is 0 Å². The molecule has 2 aromatic heterocycles. The van der Waals surface area contributed by atoms with Crippen LogP contribution in [0.4, 0.5) is 10.6 Å². The number of nitrogen functional groups attached to an aromatic ring is 1. The van der Waals surface area contributed by atoms with Crippen molar-refractivity contribution in [2.24, 2.45) is 5.92 Å². The number of rotatable bonds is 4. The largest absolute Gasteiger partial charge is 0.415 e. The average Bonchev–Trinajstić information content (AvgIpc) is 3.47. The van der Waals surface area contributed by atoms with E-state index in [9.17, 15) is 20.1 Å². The molecule has 1 unspecified atom stereocenters. The minimum atomic E-state index is -1.28. The monoisotopic (exact) mass is 536 g/mol. The number of hydrogen-bond acceptors (Lipinski definition) is 10. The first-order valence-electron chi connectivity index (χ1n) is 12.9. The van der Waals surface area contributed by atoms with Crippen molar-refractivity contribution in [1.29, 1.82) is 0 Å². The van der Waals surface area contributed by atoms with Gasteiger partial charge in [0, 0.05) is 19.5 Å². The molecule has 2 aliphatic heterocycles. The molecule has 1 aromatic carbocycles. The molecule has 12 heteroatoms. The molecule has 206 valence electrons. The topological polar surface area (TPSA) is 169 Å². The van der Waals surface area contributed by atoms with E-state index in [0.717, 1.165) is 24.0 Å². The second-order valence-electron chi connectivity index (χ2n) is 10.0. The first-order chi connectivity index (χ1) is 18.7. The van der Waals surface area contributed by atoms with Crippen LogP contribution in [0.25, 0.3) is 11.2 Å². The van der Waals surface area contributed by atoms with Crippen LogP contribution in [0.5, 0.6) is 5.75 Å². The predicted molar refractivity (Wildman–Crippen MR) is 140 cm³/mol. The summed E-state index contributed by atoms with van der Waals surface area (Å²) in [7, 11) is 0. The third kappa shape index (κ3) is 5.53. The van der Waals surface area contributed by atoms with Gasteiger partial charge in [-0.3, -0.25) is 4.57 Å². The maximum atomic E-state index is 12.6. The Morgan fingerprint density at radius 2 is 1.95 bits per heavy atom. The van der Waals surface area contributed by atoms with Crippen LogP contribution in [0.15, 0.2) is 24.5 Å². The lowest BCUT2D eigenvalue weighted by atomic mass is 9.94. The average molecular weight is 537 g/mol. The summed E-state index contributed by atoms with van der Waals surface area (Å²) in [5.41, 5.74) is 8.92. The number of ether oxygens (including phenoxy) is 2. The fraction of sp³-hybridized carbons (Fsp3) is 0.481. The molecule has 39 heavy (non-hydrogen) atoms. The molecule has 0 aliphatic carbocycles. The number of carbonyl (C=O) groups excluding carboxylic acids is 1. The van der Waals surface area contributed by atoms with E-state index in [-0.39, 0.29) is 17.7 Å². The van der Waals surface area contributed by atoms with E-state index >= 15 is 0 Å². The van der Waals surface area contributed by atoms with Crippen LogP contribution < -0.4 is 10.5 Å². The van der Waals surface area contributed by atoms with Gasteiger partial charge in [0.25, 0.3) is 0 Å². The molecule has 2 saturated heterocycles. The van der Waals surface area contributed by atoms with Crippen LogP contribution in [0.1, 0.15) is 42.4 Å². The van der Waals surface area contributed by atoms with Crippen molar-refractivity contribution in [1.82, 2.24) is 24.4 Å². The number of aliphatic hydroxyl groups is 3. The van der Waals surface area contributed by atoms with Crippen molar-refractivity contribution in [3.8, 4) is 17.6 Å². The maximum Gasteiger partial charge on any atom is 0.415 e. The molecule has 0 radical (unpaired) electrons. The molecule has 3 aromatic rings. The third-order valence-corrected chi connectivity index (χ3v) is 7.39. The zero-order chi connectivity index (χ0) is 27.7. The Balaban J connectivity index is 1.20. The van der Waals surface area contributed by atoms with Crippen LogP contribution in [-0.2, 0) is 4.74 Å². The van der Waals surface area contributed by atoms with E-state index in [1.807, 2.05) is 26.0 Å². The Kier molecular flexibility index (Phi) is 7.67. The zero-order valence-electron chi connectivity index (χ0n) is 21.8. The van der Waals surface area contributed by atoms with Crippen LogP contribution in [0, 0.1) is 31.6 Å². The Morgan fingerprint density at radius 3 is 2.64 bits per heavy atom. The number of piperidine rings is 1. The number of aromatic nitrogens is 4. The first-order valence-corrected chi connectivity index (χ1v) is 12.9. The lowest BCUT2D eigenvalue weighted by Gasteiger charge is -2.30. The molecule has 1 amide bonds. The van der Waals surface area contributed by atoms with E-state index in [1.165, 1.54) is 10.9 Å². The van der Waals surface area contributed by atoms with Gasteiger partial charge in [0.05, 0.1) is 12.9 Å². The summed E-state index contributed by atoms with van der Waals surface area (Å²) in [6, 6.07) is 5.61. The fourth-order valence-electron chi connectivity index (χ4n) is 4.83. The lowest BCUT2D eigenvalue weighted by Crippen LogP contribution is -2.40. The number of nitrogens with zero attached hydrogens (tertiary/aromatic N) is 5. The van der Waals surface area contributed by atoms with Crippen LogP contribution in [0.2, 0.25) is 0 Å². The van der Waals surface area contributed by atoms with Crippen molar-refractivity contribution in [3.05, 3.63) is 41.5 Å². The highest BCUT2D eigenvalue weighted by atomic mass is 16.6. The van der Waals surface area contributed by atoms with Gasteiger partial charge in [-0.05, 0) is 61.8 Å². The number of benzene rings is 1. The molecular weight excluding hydrogens is 504 g/mol. The molecule has 4 heterocycles. The maximum absolute atomic E-state index is 12.6. The van der Waals surface area contributed by atoms with E-state index < -0.39 is 31.1 Å². The van der Waals surface area contributed by atoms with E-state index in [4.69, 9.17) is 15.2 Å². The molecule has 2 fully saturated rings.